The molecule has 1 aliphatic heterocycles. The Balaban J connectivity index is 1.38. The minimum absolute atomic E-state index is 0.0534. The van der Waals surface area contributed by atoms with Crippen molar-refractivity contribution in [2.75, 3.05) is 65.0 Å². The fourth-order valence-electron chi connectivity index (χ4n) is 5.40. The normalized spacial score (nSPS) is 21.8. The summed E-state index contributed by atoms with van der Waals surface area (Å²) in [6.07, 6.45) is 8.15. The monoisotopic (exact) mass is 656 g/mol. The first-order valence-corrected chi connectivity index (χ1v) is 16.1. The van der Waals surface area contributed by atoms with Crippen molar-refractivity contribution >= 4 is 38.2 Å². The molecule has 0 saturated carbocycles. The molecule has 1 aliphatic carbocycles. The van der Waals surface area contributed by atoms with Crippen LogP contribution in [0.5, 0.6) is 5.75 Å². The van der Waals surface area contributed by atoms with E-state index in [-0.39, 0.29) is 24.1 Å². The molecular weight excluding hydrogens is 620 g/mol. The summed E-state index contributed by atoms with van der Waals surface area (Å²) in [6, 6.07) is 6.80. The number of hydrogen-bond donors (Lipinski definition) is 3. The number of morpholine rings is 1. The van der Waals surface area contributed by atoms with Gasteiger partial charge in [-0.05, 0) is 30.3 Å². The highest BCUT2D eigenvalue weighted by Gasteiger charge is 2.54. The first kappa shape index (κ1) is 33.0. The first-order chi connectivity index (χ1) is 22.1. The van der Waals surface area contributed by atoms with Crippen LogP contribution in [0.3, 0.4) is 0 Å². The number of fused-ring (bicyclic) bond motifs is 1. The quantitative estimate of drug-likeness (QED) is 0.122. The number of methoxy groups -OCH3 is 1. The van der Waals surface area contributed by atoms with Crippen LogP contribution in [-0.4, -0.2) is 105 Å². The minimum atomic E-state index is -4.67. The van der Waals surface area contributed by atoms with Crippen LogP contribution >= 0.6 is 0 Å². The summed E-state index contributed by atoms with van der Waals surface area (Å²) < 4.78 is 51.2. The van der Waals surface area contributed by atoms with Gasteiger partial charge in [-0.15, -0.1) is 0 Å². The second-order valence-corrected chi connectivity index (χ2v) is 12.9. The summed E-state index contributed by atoms with van der Waals surface area (Å²) >= 11 is 0. The van der Waals surface area contributed by atoms with Gasteiger partial charge in [0.2, 0.25) is 20.7 Å². The molecule has 0 radical (unpaired) electrons. The van der Waals surface area contributed by atoms with Crippen LogP contribution in [0.25, 0.3) is 11.0 Å². The van der Waals surface area contributed by atoms with E-state index in [1.165, 1.54) is 42.6 Å². The molecule has 246 valence electrons. The number of carbonyl (C=O) groups excluding carboxylic acids is 1. The predicted molar refractivity (Wildman–Crippen MR) is 168 cm³/mol. The number of allylic oxidation sites excluding steroid dienone is 2. The number of nitro groups is 1. The lowest BCUT2D eigenvalue weighted by molar-refractivity contribution is -0.384. The standard InChI is InChI=1S/C30H36N6O9S/c1-42-14-15-43-12-10-35-11-13-44-23(20-35)19-33-26-6-5-24(17-27(26)36(38)39)46(40,41)30(8-3-2-4-25(30)28(31)37)45-22-16-21-7-9-32-29(21)34-18-22/h2-9,16-18,23,25,33H,10-15,19-20H2,1H3,(H2,31,37)(H,32,34). The Morgan fingerprint density at radius 2 is 2.11 bits per heavy atom. The number of carbonyl (C=O) groups is 1. The molecule has 3 atom stereocenters. The second-order valence-electron chi connectivity index (χ2n) is 10.8. The SMILES string of the molecule is COCCOCCN1CCOC(CNc2ccc(S(=O)(=O)C3(Oc4cnc5[nH]ccc5c4)C=CC=CC3C(N)=O)cc2[N+](=O)[O-])C1. The van der Waals surface area contributed by atoms with Gasteiger partial charge in [-0.3, -0.25) is 19.8 Å². The number of nitrogens with one attached hydrogen (secondary N) is 2. The van der Waals surface area contributed by atoms with Gasteiger partial charge in [0.05, 0.1) is 48.5 Å². The highest BCUT2D eigenvalue weighted by atomic mass is 32.2. The molecule has 16 heteroatoms. The summed E-state index contributed by atoms with van der Waals surface area (Å²) in [5.74, 6) is -2.37. The largest absolute Gasteiger partial charge is 0.464 e. The van der Waals surface area contributed by atoms with E-state index in [4.69, 9.17) is 24.7 Å². The number of rotatable bonds is 15. The van der Waals surface area contributed by atoms with Crippen LogP contribution in [0, 0.1) is 16.0 Å². The smallest absolute Gasteiger partial charge is 0.293 e. The number of hydrogen-bond acceptors (Lipinski definition) is 12. The number of primary amides is 1. The lowest BCUT2D eigenvalue weighted by Crippen LogP contribution is -2.53. The molecule has 0 bridgehead atoms. The Kier molecular flexibility index (Phi) is 10.3. The molecule has 1 amide bonds. The van der Waals surface area contributed by atoms with Gasteiger partial charge in [0.15, 0.2) is 0 Å². The summed E-state index contributed by atoms with van der Waals surface area (Å²) in [5.41, 5.74) is 5.86. The van der Waals surface area contributed by atoms with Crippen molar-refractivity contribution in [2.24, 2.45) is 11.7 Å². The van der Waals surface area contributed by atoms with Crippen LogP contribution < -0.4 is 15.8 Å². The molecule has 15 nitrogen and oxygen atoms in total. The van der Waals surface area contributed by atoms with Crippen molar-refractivity contribution in [3.8, 4) is 5.75 Å². The zero-order chi connectivity index (χ0) is 32.7. The van der Waals surface area contributed by atoms with Crippen LogP contribution in [0.1, 0.15) is 0 Å². The van der Waals surface area contributed by atoms with Crippen molar-refractivity contribution in [1.29, 1.82) is 0 Å². The van der Waals surface area contributed by atoms with Gasteiger partial charge in [0, 0.05) is 50.9 Å². The van der Waals surface area contributed by atoms with Crippen LogP contribution in [-0.2, 0) is 28.8 Å². The number of ether oxygens (including phenoxy) is 4. The predicted octanol–water partition coefficient (Wildman–Crippen LogP) is 2.02. The maximum absolute atomic E-state index is 14.4. The maximum Gasteiger partial charge on any atom is 0.293 e. The van der Waals surface area contributed by atoms with Crippen LogP contribution in [0.2, 0.25) is 0 Å². The molecule has 1 aromatic carbocycles. The van der Waals surface area contributed by atoms with Crippen LogP contribution in [0.4, 0.5) is 11.4 Å². The van der Waals surface area contributed by atoms with Crippen molar-refractivity contribution in [2.45, 2.75) is 15.9 Å². The van der Waals surface area contributed by atoms with Crippen molar-refractivity contribution in [3.63, 3.8) is 0 Å². The molecule has 3 unspecified atom stereocenters. The lowest BCUT2D eigenvalue weighted by Gasteiger charge is -2.36. The minimum Gasteiger partial charge on any atom is -0.464 e. The fraction of sp³-hybridized carbons (Fsp3) is 0.400. The fourth-order valence-corrected chi connectivity index (χ4v) is 7.27. The molecule has 2 aliphatic rings. The molecule has 4 N–H and O–H groups in total. The van der Waals surface area contributed by atoms with Crippen molar-refractivity contribution in [1.82, 2.24) is 14.9 Å². The number of anilines is 1. The zero-order valence-electron chi connectivity index (χ0n) is 25.2. The van der Waals surface area contributed by atoms with Gasteiger partial charge in [-0.1, -0.05) is 18.2 Å². The number of benzene rings is 1. The van der Waals surface area contributed by atoms with Crippen LogP contribution in [0.15, 0.2) is 71.9 Å². The molecule has 3 heterocycles. The lowest BCUT2D eigenvalue weighted by atomic mass is 9.96. The average molecular weight is 657 g/mol. The Labute approximate surface area is 265 Å². The number of nitro benzene ring substituents is 1. The second kappa shape index (κ2) is 14.4. The molecule has 1 fully saturated rings. The van der Waals surface area contributed by atoms with E-state index in [0.717, 1.165) is 12.6 Å². The van der Waals surface area contributed by atoms with Gasteiger partial charge in [-0.2, -0.15) is 0 Å². The molecule has 1 saturated heterocycles. The van der Waals surface area contributed by atoms with E-state index in [9.17, 15) is 23.3 Å². The molecular formula is C30H36N6O9S. The summed E-state index contributed by atoms with van der Waals surface area (Å²) in [5, 5.41) is 15.9. The summed E-state index contributed by atoms with van der Waals surface area (Å²) in [4.78, 5) is 30.7. The number of amides is 1. The van der Waals surface area contributed by atoms with Gasteiger partial charge >= 0.3 is 0 Å². The Morgan fingerprint density at radius 3 is 2.89 bits per heavy atom. The average Bonchev–Trinajstić information content (AvgIpc) is 3.52. The number of H-pyrrole nitrogens is 1. The topological polar surface area (TPSA) is 201 Å². The zero-order valence-corrected chi connectivity index (χ0v) is 26.0. The number of pyridine rings is 1. The van der Waals surface area contributed by atoms with Crippen molar-refractivity contribution in [3.05, 3.63) is 77.1 Å². The number of nitrogens with two attached hydrogens (primary N) is 1. The third-order valence-corrected chi connectivity index (χ3v) is 9.95. The third kappa shape index (κ3) is 7.05. The van der Waals surface area contributed by atoms with Gasteiger partial charge in [0.1, 0.15) is 23.0 Å². The van der Waals surface area contributed by atoms with E-state index in [1.807, 2.05) is 0 Å². The van der Waals surface area contributed by atoms with E-state index in [0.29, 0.717) is 50.6 Å². The van der Waals surface area contributed by atoms with Gasteiger partial charge in [0.25, 0.3) is 5.69 Å². The number of nitrogens with zero attached hydrogens (tertiary/aromatic N) is 3. The third-order valence-electron chi connectivity index (χ3n) is 7.76. The number of aromatic amines is 1. The Bertz CT molecular complexity index is 1730. The van der Waals surface area contributed by atoms with E-state index in [2.05, 4.69) is 20.2 Å². The molecule has 0 spiro atoms. The molecule has 2 aromatic heterocycles. The van der Waals surface area contributed by atoms with E-state index in [1.54, 1.807) is 25.4 Å². The van der Waals surface area contributed by atoms with Crippen molar-refractivity contribution < 1.29 is 37.1 Å². The number of aromatic nitrogens is 2. The van der Waals surface area contributed by atoms with E-state index < -0.39 is 42.1 Å². The molecule has 3 aromatic rings. The summed E-state index contributed by atoms with van der Waals surface area (Å²) in [7, 11) is -3.06. The van der Waals surface area contributed by atoms with Gasteiger partial charge < -0.3 is 35.0 Å². The summed E-state index contributed by atoms with van der Waals surface area (Å²) in [6.45, 7) is 4.30. The molecule has 46 heavy (non-hydrogen) atoms. The molecule has 5 rings (SSSR count). The van der Waals surface area contributed by atoms with Gasteiger partial charge in [-0.25, -0.2) is 13.4 Å². The first-order valence-electron chi connectivity index (χ1n) is 14.6. The van der Waals surface area contributed by atoms with E-state index >= 15 is 0 Å². The highest BCUT2D eigenvalue weighted by Crippen LogP contribution is 2.41. The highest BCUT2D eigenvalue weighted by molar-refractivity contribution is 7.93. The Morgan fingerprint density at radius 1 is 1.26 bits per heavy atom. The maximum atomic E-state index is 14.4. The number of sulfone groups is 1. The Hall–Kier alpha value is -4.35.